The van der Waals surface area contributed by atoms with E-state index in [0.29, 0.717) is 16.8 Å². The average molecular weight is 338 g/mol. The maximum absolute atomic E-state index is 14.8. The van der Waals surface area contributed by atoms with E-state index in [4.69, 9.17) is 4.74 Å². The Balaban J connectivity index is 2.62. The van der Waals surface area contributed by atoms with E-state index >= 15 is 0 Å². The van der Waals surface area contributed by atoms with Gasteiger partial charge >= 0.3 is 5.92 Å². The first-order valence-electron chi connectivity index (χ1n) is 7.81. The third kappa shape index (κ3) is 2.59. The highest BCUT2D eigenvalue weighted by Crippen LogP contribution is 2.64. The predicted molar refractivity (Wildman–Crippen MR) is 91.4 cm³/mol. The van der Waals surface area contributed by atoms with Crippen LogP contribution in [0.4, 0.5) is 14.5 Å². The van der Waals surface area contributed by atoms with Crippen LogP contribution < -0.4 is 4.74 Å². The minimum absolute atomic E-state index is 0.137. The highest BCUT2D eigenvalue weighted by molar-refractivity contribution is 5.71. The molecule has 1 N–H and O–H groups in total. The molecule has 1 aromatic rings. The van der Waals surface area contributed by atoms with Crippen molar-refractivity contribution in [3.8, 4) is 5.75 Å². The molecule has 2 rings (SSSR count). The van der Waals surface area contributed by atoms with Crippen molar-refractivity contribution in [1.29, 1.82) is 0 Å². The Labute approximate surface area is 141 Å². The molecule has 0 aromatic heterocycles. The summed E-state index contributed by atoms with van der Waals surface area (Å²) in [6.45, 7) is 9.57. The Kier molecular flexibility index (Phi) is 4.72. The lowest BCUT2D eigenvalue weighted by molar-refractivity contribution is -0.226. The number of rotatable bonds is 6. The van der Waals surface area contributed by atoms with Crippen molar-refractivity contribution in [2.75, 3.05) is 20.7 Å². The van der Waals surface area contributed by atoms with Gasteiger partial charge in [-0.2, -0.15) is 8.78 Å². The highest BCUT2D eigenvalue weighted by atomic mass is 19.3. The van der Waals surface area contributed by atoms with Gasteiger partial charge in [0.25, 0.3) is 0 Å². The number of ether oxygens (including phenoxy) is 1. The maximum atomic E-state index is 14.8. The van der Waals surface area contributed by atoms with Gasteiger partial charge in [-0.15, -0.1) is 6.58 Å². The number of hydrogen-bond acceptors (Lipinski definition) is 3. The number of alkyl halides is 2. The lowest BCUT2D eigenvalue weighted by atomic mass is 9.64. The van der Waals surface area contributed by atoms with Crippen LogP contribution in [0.2, 0.25) is 0 Å². The lowest BCUT2D eigenvalue weighted by Crippen LogP contribution is -2.54. The fourth-order valence-electron chi connectivity index (χ4n) is 3.02. The van der Waals surface area contributed by atoms with Crippen LogP contribution in [0, 0.1) is 6.92 Å². The molecule has 1 unspecified atom stereocenters. The van der Waals surface area contributed by atoms with Crippen LogP contribution in [0.3, 0.4) is 0 Å². The average Bonchev–Trinajstić information content (AvgIpc) is 2.51. The van der Waals surface area contributed by atoms with Gasteiger partial charge in [0.15, 0.2) is 5.60 Å². The first-order chi connectivity index (χ1) is 11.1. The van der Waals surface area contributed by atoms with E-state index in [-0.39, 0.29) is 23.3 Å². The highest BCUT2D eigenvalue weighted by Gasteiger charge is 2.67. The second-order valence-corrected chi connectivity index (χ2v) is 6.36. The minimum atomic E-state index is -3.37. The second-order valence-electron chi connectivity index (χ2n) is 6.36. The number of fused-ring (bicyclic) bond motifs is 1. The van der Waals surface area contributed by atoms with Crippen LogP contribution in [0.5, 0.6) is 5.75 Å². The summed E-state index contributed by atoms with van der Waals surface area (Å²) in [7, 11) is 3.24. The monoisotopic (exact) mass is 338 g/mol. The molecule has 0 spiro atoms. The van der Waals surface area contributed by atoms with Gasteiger partial charge in [0.1, 0.15) is 5.75 Å². The number of hydrogen-bond donors (Lipinski definition) is 1. The van der Waals surface area contributed by atoms with Gasteiger partial charge in [-0.3, -0.25) is 0 Å². The molecule has 1 aliphatic carbocycles. The molecule has 1 aromatic carbocycles. The van der Waals surface area contributed by atoms with Crippen LogP contribution in [0.1, 0.15) is 37.0 Å². The smallest absolute Gasteiger partial charge is 0.306 e. The molecule has 4 nitrogen and oxygen atoms in total. The fourth-order valence-corrected chi connectivity index (χ4v) is 3.02. The van der Waals surface area contributed by atoms with Crippen LogP contribution >= 0.6 is 0 Å². The first kappa shape index (κ1) is 18.4. The van der Waals surface area contributed by atoms with Crippen molar-refractivity contribution < 1.29 is 18.6 Å². The standard InChI is InChI=1S/C18H24F2N2O2/c1-7-22(5)10-21-13-8-14(24-6)16-15(12(13)4)18(19,20)17(16,23)9-11(2)3/h8,10,23H,2,7,9H2,1,3-6H3. The van der Waals surface area contributed by atoms with Gasteiger partial charge in [-0.25, -0.2) is 4.99 Å². The van der Waals surface area contributed by atoms with Crippen molar-refractivity contribution in [2.24, 2.45) is 4.99 Å². The zero-order chi connectivity index (χ0) is 18.3. The molecule has 0 fully saturated rings. The van der Waals surface area contributed by atoms with E-state index in [1.165, 1.54) is 7.11 Å². The van der Waals surface area contributed by atoms with E-state index in [2.05, 4.69) is 11.6 Å². The van der Waals surface area contributed by atoms with Crippen molar-refractivity contribution in [3.63, 3.8) is 0 Å². The van der Waals surface area contributed by atoms with Crippen LogP contribution in [-0.2, 0) is 11.5 Å². The summed E-state index contributed by atoms with van der Waals surface area (Å²) in [6, 6.07) is 1.59. The summed E-state index contributed by atoms with van der Waals surface area (Å²) in [6.07, 6.45) is 1.37. The molecule has 1 aliphatic rings. The summed E-state index contributed by atoms with van der Waals surface area (Å²) < 4.78 is 34.8. The number of aliphatic imine (C=N–C) groups is 1. The zero-order valence-electron chi connectivity index (χ0n) is 14.8. The van der Waals surface area contributed by atoms with Crippen LogP contribution in [0.15, 0.2) is 23.2 Å². The number of methoxy groups -OCH3 is 1. The summed E-state index contributed by atoms with van der Waals surface area (Å²) in [5.41, 5.74) is -1.11. The molecule has 0 saturated carbocycles. The van der Waals surface area contributed by atoms with Crippen LogP contribution in [-0.4, -0.2) is 37.0 Å². The Hall–Kier alpha value is -1.95. The summed E-state index contributed by atoms with van der Waals surface area (Å²) in [5, 5.41) is 10.6. The van der Waals surface area contributed by atoms with E-state index in [9.17, 15) is 13.9 Å². The third-order valence-electron chi connectivity index (χ3n) is 4.44. The molecule has 6 heteroatoms. The molecule has 0 aliphatic heterocycles. The largest absolute Gasteiger partial charge is 0.496 e. The molecule has 0 saturated heterocycles. The van der Waals surface area contributed by atoms with Gasteiger partial charge in [-0.1, -0.05) is 5.57 Å². The second kappa shape index (κ2) is 6.16. The van der Waals surface area contributed by atoms with Crippen molar-refractivity contribution >= 4 is 12.0 Å². The van der Waals surface area contributed by atoms with Gasteiger partial charge in [-0.05, 0) is 26.3 Å². The Morgan fingerprint density at radius 2 is 2.08 bits per heavy atom. The van der Waals surface area contributed by atoms with Crippen molar-refractivity contribution in [2.45, 2.75) is 38.7 Å². The quantitative estimate of drug-likeness (QED) is 0.486. The molecule has 132 valence electrons. The Morgan fingerprint density at radius 3 is 2.58 bits per heavy atom. The van der Waals surface area contributed by atoms with E-state index in [1.807, 2.05) is 18.9 Å². The molecular formula is C18H24F2N2O2. The number of nitrogens with zero attached hydrogens (tertiary/aromatic N) is 2. The topological polar surface area (TPSA) is 45.1 Å². The zero-order valence-corrected chi connectivity index (χ0v) is 14.8. The van der Waals surface area contributed by atoms with Crippen molar-refractivity contribution in [1.82, 2.24) is 4.90 Å². The van der Waals surface area contributed by atoms with Gasteiger partial charge in [0.2, 0.25) is 0 Å². The predicted octanol–water partition coefficient (Wildman–Crippen LogP) is 3.87. The van der Waals surface area contributed by atoms with Gasteiger partial charge in [0.05, 0.1) is 19.1 Å². The fraction of sp³-hybridized carbons (Fsp3) is 0.500. The molecular weight excluding hydrogens is 314 g/mol. The number of aliphatic hydroxyl groups is 1. The first-order valence-corrected chi connectivity index (χ1v) is 7.81. The SMILES string of the molecule is C=C(C)CC1(O)c2c(OC)cc(N=CN(C)CC)c(C)c2C1(F)F. The lowest BCUT2D eigenvalue weighted by Gasteiger charge is -2.48. The van der Waals surface area contributed by atoms with E-state index < -0.39 is 11.5 Å². The Bertz CT molecular complexity index is 701. The molecule has 24 heavy (non-hydrogen) atoms. The van der Waals surface area contributed by atoms with Gasteiger partial charge in [0, 0.05) is 37.2 Å². The molecule has 0 heterocycles. The normalized spacial score (nSPS) is 21.3. The third-order valence-corrected chi connectivity index (χ3v) is 4.44. The summed E-state index contributed by atoms with van der Waals surface area (Å²) in [5.74, 6) is -3.16. The summed E-state index contributed by atoms with van der Waals surface area (Å²) in [4.78, 5) is 6.12. The molecule has 0 amide bonds. The molecule has 0 radical (unpaired) electrons. The van der Waals surface area contributed by atoms with Gasteiger partial charge < -0.3 is 14.7 Å². The minimum Gasteiger partial charge on any atom is -0.496 e. The number of benzene rings is 1. The Morgan fingerprint density at radius 1 is 1.46 bits per heavy atom. The summed E-state index contributed by atoms with van der Waals surface area (Å²) >= 11 is 0. The van der Waals surface area contributed by atoms with E-state index in [0.717, 1.165) is 6.54 Å². The van der Waals surface area contributed by atoms with E-state index in [1.54, 1.807) is 26.3 Å². The number of halogens is 2. The molecule has 0 bridgehead atoms. The maximum Gasteiger partial charge on any atom is 0.306 e. The van der Waals surface area contributed by atoms with Crippen molar-refractivity contribution in [3.05, 3.63) is 34.9 Å². The molecule has 1 atom stereocenters. The van der Waals surface area contributed by atoms with Crippen LogP contribution in [0.25, 0.3) is 0 Å².